The molecule has 20 saturated heterocycles. The van der Waals surface area contributed by atoms with Crippen LogP contribution in [0.2, 0.25) is 95.3 Å². The molecular weight excluding hydrogens is 456 g/mol. The summed E-state index contributed by atoms with van der Waals surface area (Å²) in [5.74, 6) is 0.00707. The van der Waals surface area contributed by atoms with Gasteiger partial charge in [-0.2, -0.15) is 0 Å². The Balaban J connectivity index is 1.05. The zero-order valence-corrected chi connectivity index (χ0v) is 19.5. The Labute approximate surface area is 155 Å². The normalized spacial score (nSPS) is 136. The molecule has 0 amide bonds. The average Bonchev–Trinajstić information content (AvgIpc) is 3.61. The molecule has 0 aromatic heterocycles. The molecule has 30 heavy (non-hydrogen) atoms. The maximum absolute atomic E-state index is 11.9. The van der Waals surface area contributed by atoms with Crippen LogP contribution in [0, 0.1) is 5.41 Å². The topological polar surface area (TPSA) is 26.3 Å². The summed E-state index contributed by atoms with van der Waals surface area (Å²) in [5.41, 5.74) is 0.736. The van der Waals surface area contributed by atoms with Crippen LogP contribution in [0.5, 0.6) is 0 Å². The quantitative estimate of drug-likeness (QED) is 0.299. The Morgan fingerprint density at radius 3 is 1.23 bits per heavy atom. The number of hydrogen-bond acceptors (Lipinski definition) is 2. The van der Waals surface area contributed by atoms with Gasteiger partial charge in [0.1, 0.15) is 0 Å². The van der Waals surface area contributed by atoms with Crippen LogP contribution in [0.25, 0.3) is 0 Å². The molecule has 0 aromatic rings. The van der Waals surface area contributed by atoms with Crippen LogP contribution in [0.15, 0.2) is 0 Å². The van der Waals surface area contributed by atoms with Crippen LogP contribution in [0.4, 0.5) is 0 Å². The van der Waals surface area contributed by atoms with Crippen molar-refractivity contribution >= 4 is 5.97 Å². The standard InChI is InChI=1S/C16H18O2.2C5H5.2Fe/c1-13(17)18-12-11-16(2,14-7-3-4-8-14)15-9-5-6-10-15;2*1-2-4-5-3-1;;/h3-10H,11-12H2,1-2H3;2*1-5H;;. The summed E-state index contributed by atoms with van der Waals surface area (Å²) in [6.07, 6.45) is 1.37. The van der Waals surface area contributed by atoms with Crippen LogP contribution in [0.3, 0.4) is 0 Å². The van der Waals surface area contributed by atoms with Crippen LogP contribution >= 0.6 is 0 Å². The summed E-state index contributed by atoms with van der Waals surface area (Å²) in [7, 11) is 0. The Morgan fingerprint density at radius 2 is 1.03 bits per heavy atom. The summed E-state index contributed by atoms with van der Waals surface area (Å²) in [6, 6.07) is 0. The summed E-state index contributed by atoms with van der Waals surface area (Å²) in [5, 5.41) is 0. The van der Waals surface area contributed by atoms with Gasteiger partial charge in [-0.1, -0.05) is 0 Å². The Morgan fingerprint density at radius 1 is 0.700 bits per heavy atom. The van der Waals surface area contributed by atoms with Crippen molar-refractivity contribution in [3.63, 3.8) is 0 Å². The van der Waals surface area contributed by atoms with E-state index in [1.807, 2.05) is 0 Å². The second-order valence-corrected chi connectivity index (χ2v) is 68.9. The van der Waals surface area contributed by atoms with E-state index in [9.17, 15) is 4.79 Å². The van der Waals surface area contributed by atoms with Gasteiger partial charge in [-0.05, 0) is 0 Å². The van der Waals surface area contributed by atoms with Gasteiger partial charge in [-0.25, -0.2) is 0 Å². The molecule has 20 rings (SSSR count). The number of carbonyl (C=O) groups is 1. The van der Waals surface area contributed by atoms with Crippen molar-refractivity contribution in [3.8, 4) is 0 Å². The Bertz CT molecular complexity index is 1920. The fraction of sp³-hybridized carbons (Fsp3) is 0.962. The minimum absolute atomic E-state index is 0.00707. The van der Waals surface area contributed by atoms with Crippen LogP contribution in [-0.4, -0.2) is 12.6 Å². The maximum atomic E-state index is 11.9. The van der Waals surface area contributed by atoms with Crippen LogP contribution in [-0.2, 0) is 22.5 Å². The molecule has 2 nitrogen and oxygen atoms in total. The molecule has 0 N–H and O–H groups in total. The van der Waals surface area contributed by atoms with Gasteiger partial charge in [-0.15, -0.1) is 0 Å². The predicted molar refractivity (Wildman–Crippen MR) is 102 cm³/mol. The van der Waals surface area contributed by atoms with E-state index in [0.29, 0.717) is 0 Å². The Hall–Kier alpha value is 0.509. The van der Waals surface area contributed by atoms with E-state index < -0.39 is 13.0 Å². The molecule has 20 fully saturated rings. The third kappa shape index (κ3) is 0.106. The van der Waals surface area contributed by atoms with Gasteiger partial charge in [0, 0.05) is 0 Å². The van der Waals surface area contributed by atoms with Crippen molar-refractivity contribution in [1.82, 2.24) is 0 Å². The van der Waals surface area contributed by atoms with E-state index in [-0.39, 0.29) is 5.97 Å². The fourth-order valence-corrected chi connectivity index (χ4v) is 189. The first-order valence-corrected chi connectivity index (χ1v) is 26.1. The number of hydrogen-bond donors (Lipinski definition) is 0. The molecule has 20 aliphatic heterocycles. The van der Waals surface area contributed by atoms with Gasteiger partial charge in [-0.3, -0.25) is 0 Å². The summed E-state index contributed by atoms with van der Waals surface area (Å²) in [6.45, 7) is -0.840. The molecule has 2 spiro atoms. The molecule has 20 aliphatic rings. The first-order valence-electron chi connectivity index (χ1n) is 13.6. The zero-order chi connectivity index (χ0) is 18.2. The molecule has 4 heteroatoms. The second kappa shape index (κ2) is 0.845. The summed E-state index contributed by atoms with van der Waals surface area (Å²) >= 11 is 0. The molecule has 0 aromatic carbocycles. The summed E-state index contributed by atoms with van der Waals surface area (Å²) in [4.78, 5) is 38.3. The van der Waals surface area contributed by atoms with Gasteiger partial charge >= 0.3 is 156 Å². The van der Waals surface area contributed by atoms with Gasteiger partial charge in [0.05, 0.1) is 0 Å². The van der Waals surface area contributed by atoms with Gasteiger partial charge in [0.15, 0.2) is 0 Å². The third-order valence-corrected chi connectivity index (χ3v) is 117. The monoisotopic (exact) mass is 484 g/mol. The number of esters is 1. The van der Waals surface area contributed by atoms with Gasteiger partial charge in [0.2, 0.25) is 0 Å². The van der Waals surface area contributed by atoms with E-state index in [4.69, 9.17) is 4.74 Å². The molecule has 0 saturated carbocycles. The third-order valence-electron chi connectivity index (χ3n) is 31.9. The van der Waals surface area contributed by atoms with Crippen molar-refractivity contribution in [2.24, 2.45) is 5.41 Å². The predicted octanol–water partition coefficient (Wildman–Crippen LogP) is 7.46. The molecule has 20 heterocycles. The van der Waals surface area contributed by atoms with Crippen molar-refractivity contribution in [2.75, 3.05) is 6.61 Å². The van der Waals surface area contributed by atoms with Crippen molar-refractivity contribution in [3.05, 3.63) is 0 Å². The Kier molecular flexibility index (Phi) is 0.305. The molecule has 8 atom stereocenters. The number of carbonyl (C=O) groups excluding carboxylic acids is 1. The van der Waals surface area contributed by atoms with Crippen molar-refractivity contribution in [2.45, 2.75) is 116 Å². The second-order valence-electron chi connectivity index (χ2n) is 21.8. The van der Waals surface area contributed by atoms with E-state index >= 15 is 0 Å². The summed E-state index contributed by atoms with van der Waals surface area (Å²) < 4.78 is 7.97. The molecule has 0 radical (unpaired) electrons. The molecule has 160 valence electrons. The average molecular weight is 484 g/mol. The van der Waals surface area contributed by atoms with E-state index in [1.54, 1.807) is 6.92 Å². The first kappa shape index (κ1) is 10.8. The van der Waals surface area contributed by atoms with Gasteiger partial charge < -0.3 is 0 Å². The first-order chi connectivity index (χ1) is 14.0. The number of fused-ring (bicyclic) bond motifs is 20. The molecular formula is C26H28Fe2O2. The van der Waals surface area contributed by atoms with Crippen molar-refractivity contribution in [1.29, 1.82) is 0 Å². The van der Waals surface area contributed by atoms with Gasteiger partial charge in [0.25, 0.3) is 0 Å². The van der Waals surface area contributed by atoms with E-state index in [1.165, 1.54) is 93.1 Å². The number of ether oxygens (including phenoxy) is 1. The molecule has 8 unspecified atom stereocenters. The van der Waals surface area contributed by atoms with Crippen molar-refractivity contribution < 1.29 is 22.5 Å². The van der Waals surface area contributed by atoms with E-state index in [2.05, 4.69) is 6.92 Å². The fourth-order valence-electron chi connectivity index (χ4n) is 36.6. The zero-order valence-electron chi connectivity index (χ0n) is 17.3. The number of rotatable bonds is 5. The SMILES string of the molecule is CC(=O)OCCC(C)([C]12[CH]3[CH]4[CH]5[CH]1[Fe]45321678[CH]2[CH]1[CH]6[CH]7[CH]28)[C]12[CH]3[CH]4[CH]5[CH]1[Fe]45321678[CH]2[CH]1[CH]6[CH]7[CH]28. The van der Waals surface area contributed by atoms with Crippen LogP contribution < -0.4 is 0 Å². The van der Waals surface area contributed by atoms with E-state index in [0.717, 1.165) is 20.6 Å². The molecule has 0 bridgehead atoms. The molecule has 0 aliphatic carbocycles. The van der Waals surface area contributed by atoms with Crippen LogP contribution in [0.1, 0.15) is 20.3 Å². The minimum atomic E-state index is -3.19.